The number of nitrogens with zero attached hydrogens (tertiary/aromatic N) is 1. The highest BCUT2D eigenvalue weighted by Crippen LogP contribution is 2.37. The van der Waals surface area contributed by atoms with E-state index in [1.807, 2.05) is 19.1 Å². The molecule has 1 aliphatic heterocycles. The first kappa shape index (κ1) is 23.8. The summed E-state index contributed by atoms with van der Waals surface area (Å²) >= 11 is 6.23. The maximum absolute atomic E-state index is 13.0. The van der Waals surface area contributed by atoms with Crippen LogP contribution in [0.15, 0.2) is 72.3 Å². The Balaban J connectivity index is 1.59. The van der Waals surface area contributed by atoms with Crippen molar-refractivity contribution in [2.24, 2.45) is 0 Å². The number of carbonyl (C=O) groups is 3. The smallest absolute Gasteiger partial charge is 0.282 e. The van der Waals surface area contributed by atoms with Gasteiger partial charge in [0.2, 0.25) is 0 Å². The molecular formula is C26H22ClN3O5. The zero-order chi connectivity index (χ0) is 24.9. The van der Waals surface area contributed by atoms with Gasteiger partial charge < -0.3 is 14.8 Å². The molecule has 3 aromatic rings. The van der Waals surface area contributed by atoms with Gasteiger partial charge >= 0.3 is 0 Å². The highest BCUT2D eigenvalue weighted by Gasteiger charge is 2.34. The van der Waals surface area contributed by atoms with E-state index in [1.165, 1.54) is 25.3 Å². The third-order valence-corrected chi connectivity index (χ3v) is 5.38. The van der Waals surface area contributed by atoms with Gasteiger partial charge in [-0.3, -0.25) is 19.8 Å². The Labute approximate surface area is 207 Å². The molecule has 0 spiro atoms. The zero-order valence-electron chi connectivity index (χ0n) is 19.0. The average Bonchev–Trinajstić information content (AvgIpc) is 3.13. The number of halogens is 1. The summed E-state index contributed by atoms with van der Waals surface area (Å²) < 4.78 is 11.1. The Kier molecular flexibility index (Phi) is 7.03. The summed E-state index contributed by atoms with van der Waals surface area (Å²) in [6.45, 7) is 1.62. The summed E-state index contributed by atoms with van der Waals surface area (Å²) in [4.78, 5) is 38.0. The molecule has 35 heavy (non-hydrogen) atoms. The van der Waals surface area contributed by atoms with Crippen LogP contribution in [0.4, 0.5) is 11.4 Å². The standard InChI is InChI=1S/C26H22ClN3O5/c1-16-8-10-19(11-9-16)28-23(31)15-35-24-17(12-18(27)14-22(24)34-2)13-21-25(32)29-30(26(21)33)20-6-4-3-5-7-20/h3-14H,15H2,1-2H3,(H,28,31)(H,29,32). The van der Waals surface area contributed by atoms with Crippen molar-refractivity contribution in [2.45, 2.75) is 6.92 Å². The summed E-state index contributed by atoms with van der Waals surface area (Å²) in [5, 5.41) is 4.21. The maximum Gasteiger partial charge on any atom is 0.282 e. The number of hydrogen-bond acceptors (Lipinski definition) is 5. The fourth-order valence-electron chi connectivity index (χ4n) is 3.45. The van der Waals surface area contributed by atoms with Crippen LogP contribution in [0.3, 0.4) is 0 Å². The Hall–Kier alpha value is -4.30. The van der Waals surface area contributed by atoms with Crippen molar-refractivity contribution >= 4 is 46.8 Å². The lowest BCUT2D eigenvalue weighted by Gasteiger charge is -2.15. The molecule has 0 saturated carbocycles. The second kappa shape index (κ2) is 10.3. The van der Waals surface area contributed by atoms with Gasteiger partial charge in [-0.25, -0.2) is 5.01 Å². The highest BCUT2D eigenvalue weighted by atomic mass is 35.5. The predicted molar refractivity (Wildman–Crippen MR) is 133 cm³/mol. The minimum atomic E-state index is -0.583. The van der Waals surface area contributed by atoms with Crippen molar-refractivity contribution < 1.29 is 23.9 Å². The quantitative estimate of drug-likeness (QED) is 0.382. The topological polar surface area (TPSA) is 97.0 Å². The minimum Gasteiger partial charge on any atom is -0.493 e. The van der Waals surface area contributed by atoms with Crippen LogP contribution < -0.4 is 25.2 Å². The van der Waals surface area contributed by atoms with Crippen LogP contribution in [-0.2, 0) is 14.4 Å². The van der Waals surface area contributed by atoms with Gasteiger partial charge in [0, 0.05) is 22.3 Å². The Morgan fingerprint density at radius 2 is 1.80 bits per heavy atom. The molecule has 1 aliphatic rings. The predicted octanol–water partition coefficient (Wildman–Crippen LogP) is 4.14. The first-order valence-corrected chi connectivity index (χ1v) is 11.0. The Morgan fingerprint density at radius 1 is 1.09 bits per heavy atom. The van der Waals surface area contributed by atoms with Gasteiger partial charge in [-0.05, 0) is 43.3 Å². The molecule has 0 unspecified atom stereocenters. The second-order valence-corrected chi connectivity index (χ2v) is 8.14. The molecule has 2 N–H and O–H groups in total. The monoisotopic (exact) mass is 491 g/mol. The summed E-state index contributed by atoms with van der Waals surface area (Å²) in [5.74, 6) is -1.10. The average molecular weight is 492 g/mol. The van der Waals surface area contributed by atoms with E-state index in [0.717, 1.165) is 10.6 Å². The molecular weight excluding hydrogens is 470 g/mol. The van der Waals surface area contributed by atoms with Crippen molar-refractivity contribution in [3.05, 3.63) is 88.5 Å². The number of benzene rings is 3. The number of rotatable bonds is 7. The number of methoxy groups -OCH3 is 1. The molecule has 8 nitrogen and oxygen atoms in total. The summed E-state index contributed by atoms with van der Waals surface area (Å²) in [6, 6.07) is 19.1. The van der Waals surface area contributed by atoms with E-state index in [9.17, 15) is 14.4 Å². The number of carbonyl (C=O) groups excluding carboxylic acids is 3. The van der Waals surface area contributed by atoms with E-state index >= 15 is 0 Å². The lowest BCUT2D eigenvalue weighted by atomic mass is 10.1. The number of hydrogen-bond donors (Lipinski definition) is 2. The largest absolute Gasteiger partial charge is 0.493 e. The minimum absolute atomic E-state index is 0.118. The molecule has 0 atom stereocenters. The molecule has 0 aromatic heterocycles. The van der Waals surface area contributed by atoms with Gasteiger partial charge in [-0.2, -0.15) is 0 Å². The van der Waals surface area contributed by atoms with Crippen LogP contribution in [0.5, 0.6) is 11.5 Å². The molecule has 1 heterocycles. The third kappa shape index (κ3) is 5.44. The van der Waals surface area contributed by atoms with Crippen LogP contribution in [-0.4, -0.2) is 31.4 Å². The Morgan fingerprint density at radius 3 is 2.49 bits per heavy atom. The van der Waals surface area contributed by atoms with Gasteiger partial charge in [0.1, 0.15) is 5.57 Å². The van der Waals surface area contributed by atoms with E-state index < -0.39 is 17.7 Å². The van der Waals surface area contributed by atoms with Crippen LogP contribution in [0.1, 0.15) is 11.1 Å². The van der Waals surface area contributed by atoms with E-state index in [2.05, 4.69) is 10.7 Å². The Bertz CT molecular complexity index is 1310. The summed E-state index contributed by atoms with van der Waals surface area (Å²) in [7, 11) is 1.42. The van der Waals surface area contributed by atoms with E-state index in [0.29, 0.717) is 22.0 Å². The lowest BCUT2D eigenvalue weighted by molar-refractivity contribution is -0.118. The molecule has 0 aliphatic carbocycles. The van der Waals surface area contributed by atoms with Gasteiger partial charge in [0.25, 0.3) is 17.7 Å². The van der Waals surface area contributed by atoms with Crippen molar-refractivity contribution in [1.29, 1.82) is 0 Å². The van der Waals surface area contributed by atoms with E-state index in [-0.39, 0.29) is 23.7 Å². The third-order valence-electron chi connectivity index (χ3n) is 5.16. The number of aryl methyl sites for hydroxylation is 1. The van der Waals surface area contributed by atoms with Crippen molar-refractivity contribution in [3.8, 4) is 11.5 Å². The molecule has 0 radical (unpaired) electrons. The highest BCUT2D eigenvalue weighted by molar-refractivity contribution is 6.32. The van der Waals surface area contributed by atoms with E-state index in [4.69, 9.17) is 21.1 Å². The second-order valence-electron chi connectivity index (χ2n) is 7.70. The fraction of sp³-hybridized carbons (Fsp3) is 0.115. The number of para-hydroxylation sites is 1. The number of nitrogens with one attached hydrogen (secondary N) is 2. The molecule has 9 heteroatoms. The SMILES string of the molecule is COc1cc(Cl)cc(C=C2C(=O)NN(c3ccccc3)C2=O)c1OCC(=O)Nc1ccc(C)cc1. The van der Waals surface area contributed by atoms with Crippen LogP contribution in [0, 0.1) is 6.92 Å². The summed E-state index contributed by atoms with van der Waals surface area (Å²) in [6.07, 6.45) is 1.36. The zero-order valence-corrected chi connectivity index (χ0v) is 19.8. The molecule has 1 fully saturated rings. The number of anilines is 2. The van der Waals surface area contributed by atoms with Gasteiger partial charge in [-0.1, -0.05) is 47.5 Å². The van der Waals surface area contributed by atoms with Crippen molar-refractivity contribution in [2.75, 3.05) is 24.0 Å². The molecule has 178 valence electrons. The van der Waals surface area contributed by atoms with Crippen molar-refractivity contribution in [1.82, 2.24) is 5.43 Å². The van der Waals surface area contributed by atoms with Gasteiger partial charge in [0.05, 0.1) is 12.8 Å². The van der Waals surface area contributed by atoms with Crippen LogP contribution in [0.2, 0.25) is 5.02 Å². The number of amides is 3. The first-order valence-electron chi connectivity index (χ1n) is 10.6. The fourth-order valence-corrected chi connectivity index (χ4v) is 3.66. The molecule has 1 saturated heterocycles. The van der Waals surface area contributed by atoms with Crippen molar-refractivity contribution in [3.63, 3.8) is 0 Å². The summed E-state index contributed by atoms with van der Waals surface area (Å²) in [5.41, 5.74) is 4.95. The van der Waals surface area contributed by atoms with Crippen LogP contribution in [0.25, 0.3) is 6.08 Å². The lowest BCUT2D eigenvalue weighted by Crippen LogP contribution is -2.35. The molecule has 3 aromatic carbocycles. The molecule has 4 rings (SSSR count). The van der Waals surface area contributed by atoms with Crippen LogP contribution >= 0.6 is 11.6 Å². The number of hydrazine groups is 1. The van der Waals surface area contributed by atoms with Gasteiger partial charge in [0.15, 0.2) is 18.1 Å². The molecule has 0 bridgehead atoms. The van der Waals surface area contributed by atoms with E-state index in [1.54, 1.807) is 42.5 Å². The molecule has 3 amide bonds. The van der Waals surface area contributed by atoms with Gasteiger partial charge in [-0.15, -0.1) is 0 Å². The normalized spacial score (nSPS) is 14.1. The maximum atomic E-state index is 13.0. The number of ether oxygens (including phenoxy) is 2. The first-order chi connectivity index (χ1) is 16.9.